The average molecular weight is 206 g/mol. The Morgan fingerprint density at radius 2 is 2.13 bits per heavy atom. The van der Waals surface area contributed by atoms with Crippen molar-refractivity contribution < 1.29 is 0 Å². The number of nitrogens with zero attached hydrogens (tertiary/aromatic N) is 3. The summed E-state index contributed by atoms with van der Waals surface area (Å²) in [6, 6.07) is 2.39. The number of hydrogen-bond acceptors (Lipinski definition) is 4. The van der Waals surface area contributed by atoms with Crippen LogP contribution in [0, 0.1) is 0 Å². The van der Waals surface area contributed by atoms with Crippen LogP contribution in [-0.2, 0) is 0 Å². The van der Waals surface area contributed by atoms with Crippen LogP contribution in [-0.4, -0.2) is 29.1 Å². The van der Waals surface area contributed by atoms with Gasteiger partial charge in [-0.3, -0.25) is 0 Å². The minimum atomic E-state index is 0.533. The first-order valence-corrected chi connectivity index (χ1v) is 5.65. The van der Waals surface area contributed by atoms with Gasteiger partial charge in [0.1, 0.15) is 0 Å². The van der Waals surface area contributed by atoms with E-state index in [-0.39, 0.29) is 0 Å². The lowest BCUT2D eigenvalue weighted by molar-refractivity contribution is 0.435. The van der Waals surface area contributed by atoms with E-state index < -0.39 is 0 Å². The summed E-state index contributed by atoms with van der Waals surface area (Å²) >= 11 is 0. The summed E-state index contributed by atoms with van der Waals surface area (Å²) in [7, 11) is 0. The van der Waals surface area contributed by atoms with E-state index in [9.17, 15) is 0 Å². The Morgan fingerprint density at radius 1 is 1.33 bits per heavy atom. The van der Waals surface area contributed by atoms with Gasteiger partial charge in [0.15, 0.2) is 0 Å². The molecule has 1 aromatic heterocycles. The third-order valence-electron chi connectivity index (χ3n) is 2.94. The molecule has 0 amide bonds. The number of anilines is 1. The van der Waals surface area contributed by atoms with E-state index in [4.69, 9.17) is 5.73 Å². The van der Waals surface area contributed by atoms with Crippen molar-refractivity contribution >= 4 is 5.95 Å². The Labute approximate surface area is 90.5 Å². The lowest BCUT2D eigenvalue weighted by Crippen LogP contribution is -2.41. The molecule has 0 aliphatic carbocycles. The molecule has 82 valence electrons. The van der Waals surface area contributed by atoms with Gasteiger partial charge in [-0.05, 0) is 38.3 Å². The molecule has 15 heavy (non-hydrogen) atoms. The first-order valence-electron chi connectivity index (χ1n) is 5.65. The van der Waals surface area contributed by atoms with Crippen LogP contribution in [0.2, 0.25) is 0 Å². The molecule has 4 heteroatoms. The van der Waals surface area contributed by atoms with Crippen LogP contribution in [0.3, 0.4) is 0 Å². The lowest BCUT2D eigenvalue weighted by Gasteiger charge is -2.35. The van der Waals surface area contributed by atoms with Gasteiger partial charge in [0.25, 0.3) is 0 Å². The van der Waals surface area contributed by atoms with Gasteiger partial charge in [-0.15, -0.1) is 0 Å². The maximum atomic E-state index is 5.63. The van der Waals surface area contributed by atoms with E-state index in [1.54, 1.807) is 12.4 Å². The van der Waals surface area contributed by atoms with Crippen LogP contribution in [0.25, 0.3) is 0 Å². The highest BCUT2D eigenvalue weighted by molar-refractivity contribution is 5.31. The zero-order valence-electron chi connectivity index (χ0n) is 8.97. The standard InChI is InChI=1S/C11H18N4/c12-6-5-10-4-1-2-9-15(10)11-13-7-3-8-14-11/h3,7-8,10H,1-2,4-6,9,12H2. The van der Waals surface area contributed by atoms with Gasteiger partial charge in [-0.1, -0.05) is 0 Å². The van der Waals surface area contributed by atoms with Gasteiger partial charge in [0.05, 0.1) is 0 Å². The fraction of sp³-hybridized carbons (Fsp3) is 0.636. The van der Waals surface area contributed by atoms with Crippen molar-refractivity contribution in [1.82, 2.24) is 9.97 Å². The quantitative estimate of drug-likeness (QED) is 0.807. The molecule has 1 saturated heterocycles. The zero-order chi connectivity index (χ0) is 10.5. The largest absolute Gasteiger partial charge is 0.338 e. The third kappa shape index (κ3) is 2.45. The normalized spacial score (nSPS) is 21.7. The lowest BCUT2D eigenvalue weighted by atomic mass is 10.00. The molecule has 1 unspecified atom stereocenters. The van der Waals surface area contributed by atoms with E-state index in [0.29, 0.717) is 6.04 Å². The summed E-state index contributed by atoms with van der Waals surface area (Å²) < 4.78 is 0. The summed E-state index contributed by atoms with van der Waals surface area (Å²) in [4.78, 5) is 10.9. The smallest absolute Gasteiger partial charge is 0.225 e. The molecule has 0 saturated carbocycles. The fourth-order valence-corrected chi connectivity index (χ4v) is 2.20. The second kappa shape index (κ2) is 5.07. The first kappa shape index (κ1) is 10.4. The maximum Gasteiger partial charge on any atom is 0.225 e. The molecule has 2 heterocycles. The Balaban J connectivity index is 2.11. The average Bonchev–Trinajstić information content (AvgIpc) is 2.31. The highest BCUT2D eigenvalue weighted by atomic mass is 15.3. The van der Waals surface area contributed by atoms with Crippen molar-refractivity contribution in [1.29, 1.82) is 0 Å². The van der Waals surface area contributed by atoms with Crippen LogP contribution in [0.1, 0.15) is 25.7 Å². The number of nitrogens with two attached hydrogens (primary N) is 1. The van der Waals surface area contributed by atoms with Crippen LogP contribution in [0.4, 0.5) is 5.95 Å². The molecule has 0 bridgehead atoms. The summed E-state index contributed by atoms with van der Waals surface area (Å²) in [5, 5.41) is 0. The van der Waals surface area contributed by atoms with Gasteiger partial charge >= 0.3 is 0 Å². The van der Waals surface area contributed by atoms with Crippen molar-refractivity contribution in [2.75, 3.05) is 18.0 Å². The van der Waals surface area contributed by atoms with E-state index in [0.717, 1.165) is 25.5 Å². The molecule has 4 nitrogen and oxygen atoms in total. The van der Waals surface area contributed by atoms with Gasteiger partial charge in [-0.25, -0.2) is 9.97 Å². The van der Waals surface area contributed by atoms with Crippen molar-refractivity contribution in [2.24, 2.45) is 5.73 Å². The van der Waals surface area contributed by atoms with Crippen molar-refractivity contribution in [2.45, 2.75) is 31.7 Å². The molecule has 0 spiro atoms. The number of aromatic nitrogens is 2. The highest BCUT2D eigenvalue weighted by Crippen LogP contribution is 2.22. The molecule has 1 aliphatic rings. The Morgan fingerprint density at radius 3 is 2.87 bits per heavy atom. The summed E-state index contributed by atoms with van der Waals surface area (Å²) in [6.07, 6.45) is 8.40. The molecule has 1 aromatic rings. The highest BCUT2D eigenvalue weighted by Gasteiger charge is 2.23. The van der Waals surface area contributed by atoms with Crippen LogP contribution in [0.5, 0.6) is 0 Å². The van der Waals surface area contributed by atoms with Crippen molar-refractivity contribution in [3.63, 3.8) is 0 Å². The molecule has 2 N–H and O–H groups in total. The second-order valence-corrected chi connectivity index (χ2v) is 3.97. The van der Waals surface area contributed by atoms with Gasteiger partial charge in [0, 0.05) is 25.0 Å². The monoisotopic (exact) mass is 206 g/mol. The van der Waals surface area contributed by atoms with Crippen molar-refractivity contribution in [3.05, 3.63) is 18.5 Å². The molecular formula is C11H18N4. The van der Waals surface area contributed by atoms with Gasteiger partial charge in [0.2, 0.25) is 5.95 Å². The third-order valence-corrected chi connectivity index (χ3v) is 2.94. The zero-order valence-corrected chi connectivity index (χ0v) is 8.97. The van der Waals surface area contributed by atoms with Gasteiger partial charge in [-0.2, -0.15) is 0 Å². The summed E-state index contributed by atoms with van der Waals surface area (Å²) in [5.41, 5.74) is 5.63. The maximum absolute atomic E-state index is 5.63. The molecule has 0 aromatic carbocycles. The van der Waals surface area contributed by atoms with E-state index in [2.05, 4.69) is 14.9 Å². The van der Waals surface area contributed by atoms with E-state index >= 15 is 0 Å². The minimum absolute atomic E-state index is 0.533. The molecular weight excluding hydrogens is 188 g/mol. The predicted molar refractivity (Wildman–Crippen MR) is 60.7 cm³/mol. The van der Waals surface area contributed by atoms with Crippen molar-refractivity contribution in [3.8, 4) is 0 Å². The Hall–Kier alpha value is -1.16. The topological polar surface area (TPSA) is 55.0 Å². The van der Waals surface area contributed by atoms with E-state index in [1.807, 2.05) is 6.07 Å². The molecule has 1 atom stereocenters. The molecule has 0 radical (unpaired) electrons. The summed E-state index contributed by atoms with van der Waals surface area (Å²) in [6.45, 7) is 1.81. The first-order chi connectivity index (χ1) is 7.42. The Kier molecular flexibility index (Phi) is 3.50. The van der Waals surface area contributed by atoms with E-state index in [1.165, 1.54) is 19.3 Å². The number of hydrogen-bond donors (Lipinski definition) is 1. The molecule has 2 rings (SSSR count). The van der Waals surface area contributed by atoms with Crippen LogP contribution in [0.15, 0.2) is 18.5 Å². The predicted octanol–water partition coefficient (Wildman–Crippen LogP) is 1.18. The van der Waals surface area contributed by atoms with Crippen LogP contribution >= 0.6 is 0 Å². The SMILES string of the molecule is NCCC1CCCCN1c1ncccn1. The number of piperidine rings is 1. The number of rotatable bonds is 3. The second-order valence-electron chi connectivity index (χ2n) is 3.97. The fourth-order valence-electron chi connectivity index (χ4n) is 2.20. The Bertz CT molecular complexity index is 286. The molecule has 1 fully saturated rings. The van der Waals surface area contributed by atoms with Gasteiger partial charge < -0.3 is 10.6 Å². The van der Waals surface area contributed by atoms with Crippen LogP contribution < -0.4 is 10.6 Å². The summed E-state index contributed by atoms with van der Waals surface area (Å²) in [5.74, 6) is 0.857. The minimum Gasteiger partial charge on any atom is -0.338 e. The molecule has 1 aliphatic heterocycles.